The third kappa shape index (κ3) is 4.11. The summed E-state index contributed by atoms with van der Waals surface area (Å²) in [6.45, 7) is 5.50. The second-order valence-corrected chi connectivity index (χ2v) is 7.72. The average Bonchev–Trinajstić information content (AvgIpc) is 2.69. The number of benzene rings is 1. The number of hydrogen-bond donors (Lipinski definition) is 0. The van der Waals surface area contributed by atoms with Gasteiger partial charge in [-0.15, -0.1) is 0 Å². The van der Waals surface area contributed by atoms with E-state index in [2.05, 4.69) is 31.9 Å². The van der Waals surface area contributed by atoms with Crippen LogP contribution in [-0.2, 0) is 4.74 Å². The van der Waals surface area contributed by atoms with Crippen LogP contribution in [0.2, 0.25) is 5.02 Å². The van der Waals surface area contributed by atoms with Crippen LogP contribution in [0.3, 0.4) is 0 Å². The lowest BCUT2D eigenvalue weighted by Gasteiger charge is -2.20. The van der Waals surface area contributed by atoms with Crippen molar-refractivity contribution in [2.75, 3.05) is 0 Å². The molecule has 0 atom stereocenters. The number of ether oxygens (including phenoxy) is 1. The van der Waals surface area contributed by atoms with E-state index >= 15 is 0 Å². The number of rotatable bonds is 1. The summed E-state index contributed by atoms with van der Waals surface area (Å²) in [4.78, 5) is 12.3. The van der Waals surface area contributed by atoms with Gasteiger partial charge < -0.3 is 4.74 Å². The lowest BCUT2D eigenvalue weighted by Crippen LogP contribution is -2.27. The van der Waals surface area contributed by atoms with Crippen LogP contribution in [0.1, 0.15) is 20.8 Å². The van der Waals surface area contributed by atoms with Crippen molar-refractivity contribution < 1.29 is 9.53 Å². The third-order valence-corrected chi connectivity index (χ3v) is 3.91. The standard InChI is InChI=1S/C15H14Br2ClNO2/c1-15(2,3)21-14(20)19-8-9(16)6-13(19)11-5-4-10(18)7-12(11)17/h4-8H,1-3H3. The smallest absolute Gasteiger partial charge is 0.419 e. The molecule has 1 heterocycles. The highest BCUT2D eigenvalue weighted by molar-refractivity contribution is 9.10. The van der Waals surface area contributed by atoms with Crippen molar-refractivity contribution in [1.82, 2.24) is 4.57 Å². The number of hydrogen-bond acceptors (Lipinski definition) is 2. The van der Waals surface area contributed by atoms with Gasteiger partial charge >= 0.3 is 6.09 Å². The Balaban J connectivity index is 2.48. The van der Waals surface area contributed by atoms with E-state index in [4.69, 9.17) is 16.3 Å². The molecule has 0 amide bonds. The van der Waals surface area contributed by atoms with Crippen LogP contribution in [-0.4, -0.2) is 16.3 Å². The lowest BCUT2D eigenvalue weighted by atomic mass is 10.1. The molecule has 1 aromatic heterocycles. The molecule has 0 N–H and O–H groups in total. The zero-order valence-corrected chi connectivity index (χ0v) is 15.7. The van der Waals surface area contributed by atoms with Gasteiger partial charge in [0.25, 0.3) is 0 Å². The maximum absolute atomic E-state index is 12.3. The van der Waals surface area contributed by atoms with Gasteiger partial charge in [-0.2, -0.15) is 0 Å². The molecule has 2 rings (SSSR count). The molecule has 0 radical (unpaired) electrons. The Kier molecular flexibility index (Phi) is 4.85. The normalized spacial score (nSPS) is 11.5. The number of carbonyl (C=O) groups is 1. The van der Waals surface area contributed by atoms with Crippen LogP contribution in [0.25, 0.3) is 11.3 Å². The predicted molar refractivity (Wildman–Crippen MR) is 91.9 cm³/mol. The maximum Gasteiger partial charge on any atom is 0.419 e. The van der Waals surface area contributed by atoms with Gasteiger partial charge in [-0.25, -0.2) is 4.79 Å². The van der Waals surface area contributed by atoms with Crippen molar-refractivity contribution >= 4 is 49.6 Å². The fourth-order valence-corrected chi connectivity index (χ4v) is 3.10. The maximum atomic E-state index is 12.3. The van der Waals surface area contributed by atoms with E-state index in [-0.39, 0.29) is 0 Å². The zero-order valence-electron chi connectivity index (χ0n) is 11.8. The molecule has 0 saturated heterocycles. The van der Waals surface area contributed by atoms with Crippen molar-refractivity contribution in [3.05, 3.63) is 44.4 Å². The minimum Gasteiger partial charge on any atom is -0.443 e. The van der Waals surface area contributed by atoms with Crippen LogP contribution in [0, 0.1) is 0 Å². The molecule has 0 aliphatic rings. The van der Waals surface area contributed by atoms with Crippen molar-refractivity contribution in [1.29, 1.82) is 0 Å². The predicted octanol–water partition coefficient (Wildman–Crippen LogP) is 6.12. The minimum atomic E-state index is -0.553. The van der Waals surface area contributed by atoms with E-state index in [1.165, 1.54) is 4.57 Å². The Morgan fingerprint density at radius 1 is 1.24 bits per heavy atom. The summed E-state index contributed by atoms with van der Waals surface area (Å²) in [5, 5.41) is 0.625. The highest BCUT2D eigenvalue weighted by Gasteiger charge is 2.21. The monoisotopic (exact) mass is 433 g/mol. The molecule has 3 nitrogen and oxygen atoms in total. The molecule has 0 spiro atoms. The molecule has 0 saturated carbocycles. The largest absolute Gasteiger partial charge is 0.443 e. The number of carbonyl (C=O) groups excluding carboxylic acids is 1. The molecule has 6 heteroatoms. The summed E-state index contributed by atoms with van der Waals surface area (Å²) in [7, 11) is 0. The summed E-state index contributed by atoms with van der Waals surface area (Å²) < 4.78 is 8.51. The highest BCUT2D eigenvalue weighted by atomic mass is 79.9. The topological polar surface area (TPSA) is 31.2 Å². The molecule has 1 aromatic carbocycles. The van der Waals surface area contributed by atoms with Crippen LogP contribution in [0.15, 0.2) is 39.4 Å². The van der Waals surface area contributed by atoms with Crippen LogP contribution in [0.4, 0.5) is 4.79 Å². The molecule has 21 heavy (non-hydrogen) atoms. The molecule has 0 aliphatic heterocycles. The molecular weight excluding hydrogens is 421 g/mol. The van der Waals surface area contributed by atoms with E-state index < -0.39 is 11.7 Å². The van der Waals surface area contributed by atoms with E-state index in [0.717, 1.165) is 20.2 Å². The van der Waals surface area contributed by atoms with Crippen LogP contribution in [0.5, 0.6) is 0 Å². The SMILES string of the molecule is CC(C)(C)OC(=O)n1cc(Br)cc1-c1ccc(Cl)cc1Br. The number of nitrogens with zero attached hydrogens (tertiary/aromatic N) is 1. The van der Waals surface area contributed by atoms with E-state index in [0.29, 0.717) is 5.02 Å². The average molecular weight is 436 g/mol. The first-order chi connectivity index (χ1) is 9.67. The Bertz CT molecular complexity index is 689. The third-order valence-electron chi connectivity index (χ3n) is 2.58. The second kappa shape index (κ2) is 6.15. The van der Waals surface area contributed by atoms with Gasteiger partial charge in [-0.3, -0.25) is 4.57 Å². The van der Waals surface area contributed by atoms with Crippen molar-refractivity contribution in [2.45, 2.75) is 26.4 Å². The Hall–Kier alpha value is -0.780. The highest BCUT2D eigenvalue weighted by Crippen LogP contribution is 2.33. The van der Waals surface area contributed by atoms with Gasteiger partial charge in [0.05, 0.1) is 5.69 Å². The van der Waals surface area contributed by atoms with E-state index in [1.807, 2.05) is 32.9 Å². The Morgan fingerprint density at radius 3 is 2.48 bits per heavy atom. The summed E-state index contributed by atoms with van der Waals surface area (Å²) in [5.74, 6) is 0. The van der Waals surface area contributed by atoms with Gasteiger partial charge in [-0.1, -0.05) is 33.6 Å². The fourth-order valence-electron chi connectivity index (χ4n) is 1.80. The first kappa shape index (κ1) is 16.6. The number of halogens is 3. The second-order valence-electron chi connectivity index (χ2n) is 5.52. The van der Waals surface area contributed by atoms with Crippen molar-refractivity contribution in [2.24, 2.45) is 0 Å². The summed E-state index contributed by atoms with van der Waals surface area (Å²) in [6.07, 6.45) is 1.26. The molecule has 0 fully saturated rings. The quantitative estimate of drug-likeness (QED) is 0.541. The first-order valence-corrected chi connectivity index (χ1v) is 8.20. The van der Waals surface area contributed by atoms with Gasteiger partial charge in [0.15, 0.2) is 0 Å². The Morgan fingerprint density at radius 2 is 1.90 bits per heavy atom. The first-order valence-electron chi connectivity index (χ1n) is 6.24. The van der Waals surface area contributed by atoms with E-state index in [1.54, 1.807) is 18.3 Å². The van der Waals surface area contributed by atoms with Crippen molar-refractivity contribution in [3.63, 3.8) is 0 Å². The summed E-state index contributed by atoms with van der Waals surface area (Å²) >= 11 is 12.8. The lowest BCUT2D eigenvalue weighted by molar-refractivity contribution is 0.0540. The molecule has 0 aliphatic carbocycles. The molecular formula is C15H14Br2ClNO2. The van der Waals surface area contributed by atoms with Gasteiger partial charge in [0.2, 0.25) is 0 Å². The molecule has 2 aromatic rings. The van der Waals surface area contributed by atoms with Gasteiger partial charge in [0.1, 0.15) is 5.60 Å². The van der Waals surface area contributed by atoms with Crippen LogP contribution >= 0.6 is 43.5 Å². The van der Waals surface area contributed by atoms with Gasteiger partial charge in [0, 0.05) is 25.7 Å². The van der Waals surface area contributed by atoms with Gasteiger partial charge in [-0.05, 0) is 54.9 Å². The molecule has 0 bridgehead atoms. The molecule has 0 unspecified atom stereocenters. The van der Waals surface area contributed by atoms with Crippen molar-refractivity contribution in [3.8, 4) is 11.3 Å². The summed E-state index contributed by atoms with van der Waals surface area (Å²) in [5.41, 5.74) is 1.03. The Labute approximate surface area is 145 Å². The number of aromatic nitrogens is 1. The minimum absolute atomic E-state index is 0.426. The summed E-state index contributed by atoms with van der Waals surface area (Å²) in [6, 6.07) is 7.28. The zero-order chi connectivity index (χ0) is 15.8. The van der Waals surface area contributed by atoms with Crippen LogP contribution < -0.4 is 0 Å². The van der Waals surface area contributed by atoms with E-state index in [9.17, 15) is 4.79 Å². The molecule has 112 valence electrons. The fraction of sp³-hybridized carbons (Fsp3) is 0.267.